The summed E-state index contributed by atoms with van der Waals surface area (Å²) in [5.74, 6) is 0.584. The quantitative estimate of drug-likeness (QED) is 0.849. The van der Waals surface area contributed by atoms with Gasteiger partial charge in [-0.15, -0.1) is 0 Å². The molecule has 2 aromatic heterocycles. The summed E-state index contributed by atoms with van der Waals surface area (Å²) >= 11 is 0. The summed E-state index contributed by atoms with van der Waals surface area (Å²) in [5, 5.41) is 14.5. The van der Waals surface area contributed by atoms with Crippen molar-refractivity contribution in [3.8, 4) is 5.75 Å². The lowest BCUT2D eigenvalue weighted by atomic mass is 10.2. The van der Waals surface area contributed by atoms with Gasteiger partial charge < -0.3 is 14.4 Å². The maximum Gasteiger partial charge on any atom is 0.163 e. The number of aliphatic hydroxyl groups excluding tert-OH is 1. The van der Waals surface area contributed by atoms with Crippen molar-refractivity contribution in [2.45, 2.75) is 19.6 Å². The van der Waals surface area contributed by atoms with Crippen LogP contribution in [0, 0.1) is 0 Å². The first kappa shape index (κ1) is 11.7. The highest BCUT2D eigenvalue weighted by molar-refractivity contribution is 5.32. The number of hydrogen-bond acceptors (Lipinski definition) is 4. The molecule has 0 spiro atoms. The lowest BCUT2D eigenvalue weighted by Gasteiger charge is -2.14. The lowest BCUT2D eigenvalue weighted by Crippen LogP contribution is -2.12. The number of ether oxygens (including phenoxy) is 1. The summed E-state index contributed by atoms with van der Waals surface area (Å²) < 4.78 is 8.71. The zero-order chi connectivity index (χ0) is 12.4. The zero-order valence-corrected chi connectivity index (χ0v) is 10.2. The van der Waals surface area contributed by atoms with E-state index in [1.54, 1.807) is 35.1 Å². The van der Waals surface area contributed by atoms with Gasteiger partial charge in [-0.3, -0.25) is 4.68 Å². The summed E-state index contributed by atoms with van der Waals surface area (Å²) in [6, 6.07) is 0. The van der Waals surface area contributed by atoms with E-state index < -0.39 is 6.10 Å². The summed E-state index contributed by atoms with van der Waals surface area (Å²) in [4.78, 5) is 4.00. The Labute approximate surface area is 99.5 Å². The molecule has 6 heteroatoms. The van der Waals surface area contributed by atoms with Crippen molar-refractivity contribution in [1.29, 1.82) is 0 Å². The van der Waals surface area contributed by atoms with Crippen LogP contribution in [0.3, 0.4) is 0 Å². The van der Waals surface area contributed by atoms with Crippen LogP contribution in [0.25, 0.3) is 0 Å². The third kappa shape index (κ3) is 1.91. The summed E-state index contributed by atoms with van der Waals surface area (Å²) in [6.07, 6.45) is 4.10. The number of methoxy groups -OCH3 is 1. The molecule has 0 saturated carbocycles. The Bertz CT molecular complexity index is 482. The summed E-state index contributed by atoms with van der Waals surface area (Å²) in [5.41, 5.74) is 1.36. The van der Waals surface area contributed by atoms with Crippen molar-refractivity contribution in [2.75, 3.05) is 7.11 Å². The highest BCUT2D eigenvalue weighted by atomic mass is 16.5. The minimum absolute atomic E-state index is 0.584. The van der Waals surface area contributed by atoms with Gasteiger partial charge in [-0.1, -0.05) is 0 Å². The van der Waals surface area contributed by atoms with Crippen LogP contribution in [0.1, 0.15) is 24.4 Å². The fourth-order valence-corrected chi connectivity index (χ4v) is 1.83. The first-order chi connectivity index (χ1) is 8.19. The van der Waals surface area contributed by atoms with Gasteiger partial charge in [0, 0.05) is 13.6 Å². The predicted octanol–water partition coefficient (Wildman–Crippen LogP) is 0.727. The van der Waals surface area contributed by atoms with Crippen LogP contribution in [0.2, 0.25) is 0 Å². The highest BCUT2D eigenvalue weighted by Gasteiger charge is 2.23. The Morgan fingerprint density at radius 3 is 2.76 bits per heavy atom. The normalized spacial score (nSPS) is 12.7. The van der Waals surface area contributed by atoms with Crippen molar-refractivity contribution in [2.24, 2.45) is 7.05 Å². The van der Waals surface area contributed by atoms with E-state index in [9.17, 15) is 5.11 Å². The van der Waals surface area contributed by atoms with Gasteiger partial charge in [0.25, 0.3) is 0 Å². The average Bonchev–Trinajstić information content (AvgIpc) is 2.93. The predicted molar refractivity (Wildman–Crippen MR) is 61.7 cm³/mol. The maximum atomic E-state index is 10.4. The minimum Gasteiger partial charge on any atom is -0.493 e. The highest BCUT2D eigenvalue weighted by Crippen LogP contribution is 2.29. The summed E-state index contributed by atoms with van der Waals surface area (Å²) in [6.45, 7) is 2.64. The van der Waals surface area contributed by atoms with Gasteiger partial charge in [0.05, 0.1) is 31.5 Å². The SMILES string of the molecule is CCn1ncc(OC)c1C(O)c1cncn1C. The molecule has 2 aromatic rings. The Morgan fingerprint density at radius 1 is 1.47 bits per heavy atom. The van der Waals surface area contributed by atoms with E-state index in [0.29, 0.717) is 23.7 Å². The molecule has 0 saturated heterocycles. The second-order valence-electron chi connectivity index (χ2n) is 3.75. The van der Waals surface area contributed by atoms with Crippen molar-refractivity contribution in [3.63, 3.8) is 0 Å². The molecule has 0 radical (unpaired) electrons. The standard InChI is InChI=1S/C11H16N4O2/c1-4-15-10(9(17-3)6-13-15)11(16)8-5-12-7-14(8)2/h5-7,11,16H,4H2,1-3H3. The maximum absolute atomic E-state index is 10.4. The van der Waals surface area contributed by atoms with Crippen LogP contribution in [0.15, 0.2) is 18.7 Å². The van der Waals surface area contributed by atoms with Crippen molar-refractivity contribution in [3.05, 3.63) is 30.1 Å². The average molecular weight is 236 g/mol. The number of imidazole rings is 1. The summed E-state index contributed by atoms with van der Waals surface area (Å²) in [7, 11) is 3.40. The Hall–Kier alpha value is -1.82. The molecule has 17 heavy (non-hydrogen) atoms. The molecule has 1 atom stereocenters. The Balaban J connectivity index is 2.45. The number of hydrogen-bond donors (Lipinski definition) is 1. The molecule has 0 aliphatic carbocycles. The molecule has 1 N–H and O–H groups in total. The van der Waals surface area contributed by atoms with Crippen LogP contribution in [-0.2, 0) is 13.6 Å². The molecular formula is C11H16N4O2. The topological polar surface area (TPSA) is 65.1 Å². The molecule has 0 bridgehead atoms. The van der Waals surface area contributed by atoms with Crippen LogP contribution in [0.4, 0.5) is 0 Å². The van der Waals surface area contributed by atoms with E-state index >= 15 is 0 Å². The Morgan fingerprint density at radius 2 is 2.24 bits per heavy atom. The van der Waals surface area contributed by atoms with E-state index in [0.717, 1.165) is 0 Å². The molecular weight excluding hydrogens is 220 g/mol. The number of aliphatic hydroxyl groups is 1. The third-order valence-electron chi connectivity index (χ3n) is 2.76. The number of aryl methyl sites for hydroxylation is 2. The molecule has 0 aromatic carbocycles. The number of aromatic nitrogens is 4. The van der Waals surface area contributed by atoms with Crippen LogP contribution in [-0.4, -0.2) is 31.5 Å². The Kier molecular flexibility index (Phi) is 3.14. The largest absolute Gasteiger partial charge is 0.493 e. The molecule has 2 rings (SSSR count). The molecule has 0 fully saturated rings. The van der Waals surface area contributed by atoms with Crippen LogP contribution in [0.5, 0.6) is 5.75 Å². The van der Waals surface area contributed by atoms with Gasteiger partial charge in [0.2, 0.25) is 0 Å². The fraction of sp³-hybridized carbons (Fsp3) is 0.455. The fourth-order valence-electron chi connectivity index (χ4n) is 1.83. The smallest absolute Gasteiger partial charge is 0.163 e. The van der Waals surface area contributed by atoms with Crippen LogP contribution < -0.4 is 4.74 Å². The molecule has 6 nitrogen and oxygen atoms in total. The second-order valence-corrected chi connectivity index (χ2v) is 3.75. The van der Waals surface area contributed by atoms with Crippen molar-refractivity contribution < 1.29 is 9.84 Å². The van der Waals surface area contributed by atoms with Crippen LogP contribution >= 0.6 is 0 Å². The van der Waals surface area contributed by atoms with Gasteiger partial charge >= 0.3 is 0 Å². The molecule has 92 valence electrons. The number of nitrogens with zero attached hydrogens (tertiary/aromatic N) is 4. The van der Waals surface area contributed by atoms with E-state index in [1.807, 2.05) is 14.0 Å². The van der Waals surface area contributed by atoms with E-state index in [1.165, 1.54) is 0 Å². The first-order valence-electron chi connectivity index (χ1n) is 5.43. The van der Waals surface area contributed by atoms with Gasteiger partial charge in [0.15, 0.2) is 5.75 Å². The van der Waals surface area contributed by atoms with Gasteiger partial charge in [-0.2, -0.15) is 5.10 Å². The lowest BCUT2D eigenvalue weighted by molar-refractivity contribution is 0.194. The number of rotatable bonds is 4. The van der Waals surface area contributed by atoms with E-state index in [-0.39, 0.29) is 0 Å². The molecule has 2 heterocycles. The van der Waals surface area contributed by atoms with Gasteiger partial charge in [-0.25, -0.2) is 4.98 Å². The third-order valence-corrected chi connectivity index (χ3v) is 2.76. The molecule has 0 amide bonds. The van der Waals surface area contributed by atoms with E-state index in [4.69, 9.17) is 4.74 Å². The zero-order valence-electron chi connectivity index (χ0n) is 10.2. The second kappa shape index (κ2) is 4.58. The molecule has 1 unspecified atom stereocenters. The molecule has 0 aliphatic rings. The van der Waals surface area contributed by atoms with E-state index in [2.05, 4.69) is 10.1 Å². The minimum atomic E-state index is -0.792. The van der Waals surface area contributed by atoms with Gasteiger partial charge in [0.1, 0.15) is 11.8 Å². The van der Waals surface area contributed by atoms with Crippen molar-refractivity contribution in [1.82, 2.24) is 19.3 Å². The van der Waals surface area contributed by atoms with Crippen molar-refractivity contribution >= 4 is 0 Å². The first-order valence-corrected chi connectivity index (χ1v) is 5.43. The molecule has 0 aliphatic heterocycles. The monoisotopic (exact) mass is 236 g/mol. The van der Waals surface area contributed by atoms with Gasteiger partial charge in [-0.05, 0) is 6.92 Å².